The van der Waals surface area contributed by atoms with Crippen LogP contribution in [0, 0.1) is 0 Å². The fraction of sp³-hybridized carbons (Fsp3) is 0.263. The van der Waals surface area contributed by atoms with Gasteiger partial charge in [-0.2, -0.15) is 0 Å². The van der Waals surface area contributed by atoms with Crippen LogP contribution in [0.5, 0.6) is 0 Å². The van der Waals surface area contributed by atoms with Gasteiger partial charge in [0.05, 0.1) is 11.7 Å². The van der Waals surface area contributed by atoms with Gasteiger partial charge in [0.1, 0.15) is 0 Å². The zero-order valence-corrected chi connectivity index (χ0v) is 13.7. The molecule has 2 N–H and O–H groups in total. The molecule has 2 atom stereocenters. The summed E-state index contributed by atoms with van der Waals surface area (Å²) in [5, 5.41) is 6.09. The van der Waals surface area contributed by atoms with E-state index in [0.29, 0.717) is 11.3 Å². The normalized spacial score (nSPS) is 13.2. The van der Waals surface area contributed by atoms with Gasteiger partial charge in [-0.1, -0.05) is 42.5 Å². The van der Waals surface area contributed by atoms with Gasteiger partial charge in [0.2, 0.25) is 5.91 Å². The van der Waals surface area contributed by atoms with Crippen LogP contribution >= 0.6 is 0 Å². The van der Waals surface area contributed by atoms with Crippen molar-refractivity contribution in [3.05, 3.63) is 65.7 Å². The Kier molecular flexibility index (Phi) is 5.66. The minimum atomic E-state index is -0.384. The van der Waals surface area contributed by atoms with Crippen molar-refractivity contribution >= 4 is 17.4 Å². The Morgan fingerprint density at radius 1 is 0.913 bits per heavy atom. The molecule has 2 aromatic rings. The van der Waals surface area contributed by atoms with Gasteiger partial charge in [-0.25, -0.2) is 0 Å². The maximum Gasteiger partial charge on any atom is 0.241 e. The van der Waals surface area contributed by atoms with Crippen molar-refractivity contribution in [1.29, 1.82) is 0 Å². The summed E-state index contributed by atoms with van der Waals surface area (Å²) in [6.45, 7) is 5.32. The number of benzene rings is 2. The Hall–Kier alpha value is -2.46. The van der Waals surface area contributed by atoms with Crippen LogP contribution in [-0.2, 0) is 4.79 Å². The topological polar surface area (TPSA) is 58.2 Å². The zero-order chi connectivity index (χ0) is 16.8. The molecule has 0 aliphatic heterocycles. The SMILES string of the molecule is CC(=O)c1ccccc1NC(=O)[C@H](C)N[C@H](C)c1ccccc1. The Morgan fingerprint density at radius 2 is 1.52 bits per heavy atom. The third-order valence-electron chi connectivity index (χ3n) is 3.76. The first-order valence-electron chi connectivity index (χ1n) is 7.71. The van der Waals surface area contributed by atoms with Gasteiger partial charge in [-0.15, -0.1) is 0 Å². The maximum absolute atomic E-state index is 12.4. The molecule has 0 saturated heterocycles. The predicted molar refractivity (Wildman–Crippen MR) is 92.5 cm³/mol. The van der Waals surface area contributed by atoms with E-state index in [4.69, 9.17) is 0 Å². The standard InChI is InChI=1S/C19H22N2O2/c1-13(16-9-5-4-6-10-16)20-14(2)19(23)21-18-12-8-7-11-17(18)15(3)22/h4-14,20H,1-3H3,(H,21,23)/t13-,14+/m1/s1. The Labute approximate surface area is 136 Å². The molecule has 4 heteroatoms. The van der Waals surface area contributed by atoms with Gasteiger partial charge in [0, 0.05) is 11.6 Å². The third-order valence-corrected chi connectivity index (χ3v) is 3.76. The molecular formula is C19H22N2O2. The number of para-hydroxylation sites is 1. The number of amides is 1. The number of anilines is 1. The monoisotopic (exact) mass is 310 g/mol. The summed E-state index contributed by atoms with van der Waals surface area (Å²) in [7, 11) is 0. The number of ketones is 1. The van der Waals surface area contributed by atoms with Crippen LogP contribution in [0.1, 0.15) is 42.7 Å². The molecule has 0 spiro atoms. The van der Waals surface area contributed by atoms with Gasteiger partial charge < -0.3 is 5.32 Å². The second-order valence-electron chi connectivity index (χ2n) is 5.61. The predicted octanol–water partition coefficient (Wildman–Crippen LogP) is 3.57. The number of rotatable bonds is 6. The maximum atomic E-state index is 12.4. The van der Waals surface area contributed by atoms with E-state index in [9.17, 15) is 9.59 Å². The minimum absolute atomic E-state index is 0.0556. The third kappa shape index (κ3) is 4.50. The molecule has 1 amide bonds. The Balaban J connectivity index is 2.02. The number of carbonyl (C=O) groups excluding carboxylic acids is 2. The van der Waals surface area contributed by atoms with E-state index in [1.165, 1.54) is 6.92 Å². The van der Waals surface area contributed by atoms with Crippen LogP contribution in [0.15, 0.2) is 54.6 Å². The van der Waals surface area contributed by atoms with Crippen LogP contribution in [-0.4, -0.2) is 17.7 Å². The van der Waals surface area contributed by atoms with Crippen molar-refractivity contribution in [2.24, 2.45) is 0 Å². The van der Waals surface area contributed by atoms with Crippen molar-refractivity contribution in [1.82, 2.24) is 5.32 Å². The molecule has 120 valence electrons. The van der Waals surface area contributed by atoms with Crippen molar-refractivity contribution in [2.75, 3.05) is 5.32 Å². The molecule has 2 aromatic carbocycles. The molecule has 0 saturated carbocycles. The summed E-state index contributed by atoms with van der Waals surface area (Å²) in [6, 6.07) is 16.7. The summed E-state index contributed by atoms with van der Waals surface area (Å²) in [5.41, 5.74) is 2.19. The highest BCUT2D eigenvalue weighted by Gasteiger charge is 2.18. The Bertz CT molecular complexity index is 683. The first-order chi connectivity index (χ1) is 11.0. The lowest BCUT2D eigenvalue weighted by molar-refractivity contribution is -0.117. The van der Waals surface area contributed by atoms with Crippen LogP contribution < -0.4 is 10.6 Å². The zero-order valence-electron chi connectivity index (χ0n) is 13.7. The average Bonchev–Trinajstić information content (AvgIpc) is 2.55. The van der Waals surface area contributed by atoms with E-state index in [1.54, 1.807) is 24.3 Å². The molecular weight excluding hydrogens is 288 g/mol. The second kappa shape index (κ2) is 7.70. The summed E-state index contributed by atoms with van der Waals surface area (Å²) in [5.74, 6) is -0.236. The van der Waals surface area contributed by atoms with Gasteiger partial charge in [-0.05, 0) is 38.5 Å². The lowest BCUT2D eigenvalue weighted by atomic mass is 10.1. The van der Waals surface area contributed by atoms with E-state index < -0.39 is 0 Å². The highest BCUT2D eigenvalue weighted by Crippen LogP contribution is 2.17. The lowest BCUT2D eigenvalue weighted by Crippen LogP contribution is -2.39. The second-order valence-corrected chi connectivity index (χ2v) is 5.61. The van der Waals surface area contributed by atoms with Gasteiger partial charge in [0.25, 0.3) is 0 Å². The quantitative estimate of drug-likeness (QED) is 0.802. The van der Waals surface area contributed by atoms with E-state index in [0.717, 1.165) is 5.56 Å². The first-order valence-corrected chi connectivity index (χ1v) is 7.71. The fourth-order valence-corrected chi connectivity index (χ4v) is 2.43. The number of hydrogen-bond acceptors (Lipinski definition) is 3. The van der Waals surface area contributed by atoms with Gasteiger partial charge in [0.15, 0.2) is 5.78 Å². The minimum Gasteiger partial charge on any atom is -0.324 e. The largest absolute Gasteiger partial charge is 0.324 e. The van der Waals surface area contributed by atoms with Crippen molar-refractivity contribution < 1.29 is 9.59 Å². The summed E-state index contributed by atoms with van der Waals surface area (Å²) >= 11 is 0. The lowest BCUT2D eigenvalue weighted by Gasteiger charge is -2.20. The molecule has 0 aliphatic rings. The smallest absolute Gasteiger partial charge is 0.241 e. The molecule has 0 unspecified atom stereocenters. The molecule has 2 rings (SSSR count). The molecule has 4 nitrogen and oxygen atoms in total. The Morgan fingerprint density at radius 3 is 2.17 bits per heavy atom. The first kappa shape index (κ1) is 16.9. The molecule has 0 heterocycles. The average molecular weight is 310 g/mol. The molecule has 0 bridgehead atoms. The number of nitrogens with one attached hydrogen (secondary N) is 2. The molecule has 23 heavy (non-hydrogen) atoms. The summed E-state index contributed by atoms with van der Waals surface area (Å²) in [4.78, 5) is 24.0. The number of carbonyl (C=O) groups is 2. The van der Waals surface area contributed by atoms with Crippen LogP contribution in [0.25, 0.3) is 0 Å². The summed E-state index contributed by atoms with van der Waals surface area (Å²) in [6.07, 6.45) is 0. The van der Waals surface area contributed by atoms with E-state index in [1.807, 2.05) is 44.2 Å². The van der Waals surface area contributed by atoms with Gasteiger partial charge in [-0.3, -0.25) is 14.9 Å². The van der Waals surface area contributed by atoms with Crippen molar-refractivity contribution in [2.45, 2.75) is 32.9 Å². The molecule has 0 aliphatic carbocycles. The van der Waals surface area contributed by atoms with Crippen molar-refractivity contribution in [3.63, 3.8) is 0 Å². The molecule has 0 fully saturated rings. The van der Waals surface area contributed by atoms with Crippen LogP contribution in [0.3, 0.4) is 0 Å². The van der Waals surface area contributed by atoms with Crippen molar-refractivity contribution in [3.8, 4) is 0 Å². The van der Waals surface area contributed by atoms with E-state index in [-0.39, 0.29) is 23.8 Å². The highest BCUT2D eigenvalue weighted by molar-refractivity contribution is 6.04. The fourth-order valence-electron chi connectivity index (χ4n) is 2.43. The number of hydrogen-bond donors (Lipinski definition) is 2. The highest BCUT2D eigenvalue weighted by atomic mass is 16.2. The molecule has 0 aromatic heterocycles. The molecule has 0 radical (unpaired) electrons. The van der Waals surface area contributed by atoms with E-state index >= 15 is 0 Å². The summed E-state index contributed by atoms with van der Waals surface area (Å²) < 4.78 is 0. The van der Waals surface area contributed by atoms with Gasteiger partial charge >= 0.3 is 0 Å². The number of Topliss-reactive ketones (excluding diaryl/α,β-unsaturated/α-hetero) is 1. The van der Waals surface area contributed by atoms with Crippen LogP contribution in [0.2, 0.25) is 0 Å². The van der Waals surface area contributed by atoms with Crippen LogP contribution in [0.4, 0.5) is 5.69 Å². The van der Waals surface area contributed by atoms with E-state index in [2.05, 4.69) is 10.6 Å².